The van der Waals surface area contributed by atoms with Crippen LogP contribution in [0.3, 0.4) is 0 Å². The van der Waals surface area contributed by atoms with E-state index in [0.29, 0.717) is 12.0 Å². The molecule has 0 bridgehead atoms. The van der Waals surface area contributed by atoms with Gasteiger partial charge in [-0.1, -0.05) is 26.7 Å². The Hall–Kier alpha value is -0.120. The fourth-order valence-corrected chi connectivity index (χ4v) is 4.40. The number of rotatable bonds is 7. The molecule has 2 saturated carbocycles. The summed E-state index contributed by atoms with van der Waals surface area (Å²) < 4.78 is 5.38. The summed E-state index contributed by atoms with van der Waals surface area (Å²) in [7, 11) is 1.81. The van der Waals surface area contributed by atoms with Crippen LogP contribution in [0.15, 0.2) is 0 Å². The summed E-state index contributed by atoms with van der Waals surface area (Å²) in [4.78, 5) is 2.73. The van der Waals surface area contributed by atoms with Crippen molar-refractivity contribution in [1.29, 1.82) is 0 Å². The van der Waals surface area contributed by atoms with Gasteiger partial charge in [0.25, 0.3) is 0 Å². The molecule has 4 atom stereocenters. The van der Waals surface area contributed by atoms with E-state index < -0.39 is 0 Å². The Labute approximate surface area is 125 Å². The van der Waals surface area contributed by atoms with Crippen molar-refractivity contribution >= 4 is 0 Å². The summed E-state index contributed by atoms with van der Waals surface area (Å²) in [5.74, 6) is 2.35. The van der Waals surface area contributed by atoms with E-state index in [4.69, 9.17) is 10.5 Å². The van der Waals surface area contributed by atoms with Gasteiger partial charge in [-0.2, -0.15) is 0 Å². The van der Waals surface area contributed by atoms with E-state index in [-0.39, 0.29) is 5.54 Å². The maximum Gasteiger partial charge on any atom is 0.0590 e. The Bertz CT molecular complexity index is 305. The molecule has 0 radical (unpaired) electrons. The third-order valence-corrected chi connectivity index (χ3v) is 6.23. The predicted molar refractivity (Wildman–Crippen MR) is 84.7 cm³/mol. The van der Waals surface area contributed by atoms with Gasteiger partial charge in [0.1, 0.15) is 0 Å². The number of nitrogens with two attached hydrogens (primary N) is 1. The van der Waals surface area contributed by atoms with E-state index in [0.717, 1.165) is 31.5 Å². The van der Waals surface area contributed by atoms with Crippen LogP contribution in [0.2, 0.25) is 0 Å². The van der Waals surface area contributed by atoms with Gasteiger partial charge in [0.05, 0.1) is 6.61 Å². The first-order chi connectivity index (χ1) is 9.56. The van der Waals surface area contributed by atoms with Gasteiger partial charge in [-0.3, -0.25) is 4.90 Å². The zero-order valence-electron chi connectivity index (χ0n) is 13.9. The Balaban J connectivity index is 2.21. The molecule has 0 aromatic heterocycles. The molecule has 2 aliphatic carbocycles. The minimum absolute atomic E-state index is 0.193. The highest BCUT2D eigenvalue weighted by atomic mass is 16.5. The summed E-state index contributed by atoms with van der Waals surface area (Å²) in [5.41, 5.74) is 6.53. The SMILES string of the molecule is COCCN(C(C)C1CC1)C1(CN)CCCC(C)C1C. The average Bonchev–Trinajstić information content (AvgIpc) is 3.28. The minimum atomic E-state index is 0.193. The van der Waals surface area contributed by atoms with Crippen molar-refractivity contribution in [2.24, 2.45) is 23.5 Å². The zero-order valence-corrected chi connectivity index (χ0v) is 13.9. The molecule has 3 heteroatoms. The van der Waals surface area contributed by atoms with Crippen LogP contribution in [-0.2, 0) is 4.74 Å². The highest BCUT2D eigenvalue weighted by Gasteiger charge is 2.48. The second-order valence-corrected chi connectivity index (χ2v) is 7.23. The molecule has 118 valence electrons. The molecule has 0 spiro atoms. The molecular weight excluding hydrogens is 248 g/mol. The van der Waals surface area contributed by atoms with Crippen molar-refractivity contribution in [2.75, 3.05) is 26.8 Å². The molecule has 2 N–H and O–H groups in total. The normalized spacial score (nSPS) is 36.3. The Morgan fingerprint density at radius 2 is 2.00 bits per heavy atom. The third-order valence-electron chi connectivity index (χ3n) is 6.23. The van der Waals surface area contributed by atoms with Crippen LogP contribution in [0.1, 0.15) is 52.9 Å². The summed E-state index contributed by atoms with van der Waals surface area (Å²) in [6.45, 7) is 9.89. The van der Waals surface area contributed by atoms with Gasteiger partial charge in [0.2, 0.25) is 0 Å². The molecule has 2 rings (SSSR count). The molecule has 0 amide bonds. The largest absolute Gasteiger partial charge is 0.383 e. The molecule has 2 aliphatic rings. The molecule has 4 unspecified atom stereocenters. The fraction of sp³-hybridized carbons (Fsp3) is 1.00. The highest BCUT2D eigenvalue weighted by Crippen LogP contribution is 2.45. The van der Waals surface area contributed by atoms with Crippen LogP contribution in [0, 0.1) is 17.8 Å². The van der Waals surface area contributed by atoms with Crippen LogP contribution in [0.4, 0.5) is 0 Å². The van der Waals surface area contributed by atoms with Gasteiger partial charge in [-0.05, 0) is 43.9 Å². The lowest BCUT2D eigenvalue weighted by atomic mass is 9.66. The molecule has 0 aromatic rings. The molecule has 0 aliphatic heterocycles. The maximum absolute atomic E-state index is 6.34. The Morgan fingerprint density at radius 3 is 2.55 bits per heavy atom. The van der Waals surface area contributed by atoms with Gasteiger partial charge in [0, 0.05) is 31.8 Å². The van der Waals surface area contributed by atoms with Crippen molar-refractivity contribution in [3.8, 4) is 0 Å². The number of hydrogen-bond acceptors (Lipinski definition) is 3. The smallest absolute Gasteiger partial charge is 0.0590 e. The average molecular weight is 282 g/mol. The summed E-state index contributed by atoms with van der Waals surface area (Å²) in [6.07, 6.45) is 6.74. The molecule has 0 heterocycles. The second kappa shape index (κ2) is 6.76. The zero-order chi connectivity index (χ0) is 14.8. The molecule has 3 nitrogen and oxygen atoms in total. The van der Waals surface area contributed by atoms with E-state index in [2.05, 4.69) is 25.7 Å². The van der Waals surface area contributed by atoms with Crippen LogP contribution < -0.4 is 5.73 Å². The first-order valence-corrected chi connectivity index (χ1v) is 8.52. The maximum atomic E-state index is 6.34. The van der Waals surface area contributed by atoms with Crippen molar-refractivity contribution in [3.63, 3.8) is 0 Å². The first-order valence-electron chi connectivity index (χ1n) is 8.52. The van der Waals surface area contributed by atoms with Gasteiger partial charge < -0.3 is 10.5 Å². The number of hydrogen-bond donors (Lipinski definition) is 1. The molecule has 20 heavy (non-hydrogen) atoms. The summed E-state index contributed by atoms with van der Waals surface area (Å²) >= 11 is 0. The van der Waals surface area contributed by atoms with Gasteiger partial charge in [0.15, 0.2) is 0 Å². The summed E-state index contributed by atoms with van der Waals surface area (Å²) in [6, 6.07) is 0.654. The van der Waals surface area contributed by atoms with Crippen LogP contribution >= 0.6 is 0 Å². The molecule has 0 aromatic carbocycles. The monoisotopic (exact) mass is 282 g/mol. The Morgan fingerprint density at radius 1 is 1.30 bits per heavy atom. The molecule has 0 saturated heterocycles. The van der Waals surface area contributed by atoms with Gasteiger partial charge >= 0.3 is 0 Å². The quantitative estimate of drug-likeness (QED) is 0.780. The number of nitrogens with zero attached hydrogens (tertiary/aromatic N) is 1. The van der Waals surface area contributed by atoms with Crippen molar-refractivity contribution < 1.29 is 4.74 Å². The van der Waals surface area contributed by atoms with Crippen LogP contribution in [-0.4, -0.2) is 43.3 Å². The van der Waals surface area contributed by atoms with Gasteiger partial charge in [-0.25, -0.2) is 0 Å². The van der Waals surface area contributed by atoms with Crippen molar-refractivity contribution in [1.82, 2.24) is 4.90 Å². The number of ether oxygens (including phenoxy) is 1. The fourth-order valence-electron chi connectivity index (χ4n) is 4.40. The lowest BCUT2D eigenvalue weighted by Gasteiger charge is -2.54. The van der Waals surface area contributed by atoms with Crippen LogP contribution in [0.25, 0.3) is 0 Å². The highest BCUT2D eigenvalue weighted by molar-refractivity contribution is 5.03. The first kappa shape index (κ1) is 16.3. The topological polar surface area (TPSA) is 38.5 Å². The van der Waals surface area contributed by atoms with E-state index in [1.165, 1.54) is 32.1 Å². The molecular formula is C17H34N2O. The van der Waals surface area contributed by atoms with Crippen molar-refractivity contribution in [3.05, 3.63) is 0 Å². The summed E-state index contributed by atoms with van der Waals surface area (Å²) in [5, 5.41) is 0. The second-order valence-electron chi connectivity index (χ2n) is 7.23. The number of methoxy groups -OCH3 is 1. The van der Waals surface area contributed by atoms with Crippen molar-refractivity contribution in [2.45, 2.75) is 64.5 Å². The molecule has 2 fully saturated rings. The lowest BCUT2D eigenvalue weighted by molar-refractivity contribution is -0.0497. The lowest BCUT2D eigenvalue weighted by Crippen LogP contribution is -2.64. The van der Waals surface area contributed by atoms with Crippen LogP contribution in [0.5, 0.6) is 0 Å². The van der Waals surface area contributed by atoms with E-state index in [1.807, 2.05) is 7.11 Å². The standard InChI is InChI=1S/C17H34N2O/c1-13-6-5-9-17(12-18,14(13)2)19(10-11-20-4)15(3)16-7-8-16/h13-16H,5-12,18H2,1-4H3. The van der Waals surface area contributed by atoms with E-state index >= 15 is 0 Å². The predicted octanol–water partition coefficient (Wildman–Crippen LogP) is 2.89. The van der Waals surface area contributed by atoms with Gasteiger partial charge in [-0.15, -0.1) is 0 Å². The third kappa shape index (κ3) is 3.05. The van der Waals surface area contributed by atoms with E-state index in [9.17, 15) is 0 Å². The van der Waals surface area contributed by atoms with E-state index in [1.54, 1.807) is 0 Å². The minimum Gasteiger partial charge on any atom is -0.383 e. The Kier molecular flexibility index (Phi) is 5.49.